The molecule has 0 radical (unpaired) electrons. The van der Waals surface area contributed by atoms with Crippen LogP contribution in [0.15, 0.2) is 59.1 Å². The van der Waals surface area contributed by atoms with Crippen molar-refractivity contribution >= 4 is 17.1 Å². The van der Waals surface area contributed by atoms with Crippen LogP contribution in [-0.2, 0) is 4.79 Å². The molecule has 0 saturated heterocycles. The molecule has 6 nitrogen and oxygen atoms in total. The lowest BCUT2D eigenvalue weighted by molar-refractivity contribution is -0.527. The van der Waals surface area contributed by atoms with Crippen LogP contribution in [0.2, 0.25) is 0 Å². The molecular weight excluding hydrogens is 719 g/mol. The predicted molar refractivity (Wildman–Crippen MR) is 246 cm³/mol. The highest BCUT2D eigenvalue weighted by molar-refractivity contribution is 6.40. The summed E-state index contributed by atoms with van der Waals surface area (Å²) >= 11 is 0. The van der Waals surface area contributed by atoms with Gasteiger partial charge in [0.05, 0.1) is 23.8 Å². The van der Waals surface area contributed by atoms with Crippen molar-refractivity contribution in [1.82, 2.24) is 0 Å². The summed E-state index contributed by atoms with van der Waals surface area (Å²) in [5.74, 6) is -0.162. The predicted octanol–water partition coefficient (Wildman–Crippen LogP) is 15.1. The van der Waals surface area contributed by atoms with Crippen LogP contribution in [0.3, 0.4) is 0 Å². The molecule has 0 fully saturated rings. The third kappa shape index (κ3) is 18.3. The standard InChI is InChI=1S/C52H83NO5/c1-4-7-10-13-16-19-22-25-28-31-38-53(39-32-29-26-23-20-17-14-11-8-5-2)43-34-36-45(47(54)41-43)49-51(56)50(52(49)57)46-37-35-44(42-48(46)55)58-40-33-30-27-24-21-18-15-12-9-6-3/h34-37,41-42H,4-33,38-40H2,1-3H3,(H2,54,55,56,57)/p+1. The van der Waals surface area contributed by atoms with E-state index < -0.39 is 0 Å². The fraction of sp³-hybridized carbons (Fsp3) is 0.692. The van der Waals surface area contributed by atoms with Crippen molar-refractivity contribution in [1.29, 1.82) is 0 Å². The largest absolute Gasteiger partial charge is 0.507 e. The summed E-state index contributed by atoms with van der Waals surface area (Å²) < 4.78 is 8.29. The van der Waals surface area contributed by atoms with E-state index in [4.69, 9.17) is 4.74 Å². The number of unbranched alkanes of at least 4 members (excludes halogenated alkanes) is 27. The SMILES string of the molecule is CCCCCCCCCCCCOc1ccc(C2=C(O)C(=C3C=CC(=[N+](CCCCCCCCCCCC)CCCCCCCCCCCC)C=C3O)C2=O)c(O)c1. The third-order valence-corrected chi connectivity index (χ3v) is 12.1. The van der Waals surface area contributed by atoms with Gasteiger partial charge in [-0.05, 0) is 37.5 Å². The molecule has 1 aromatic carbocycles. The van der Waals surface area contributed by atoms with E-state index in [2.05, 4.69) is 25.3 Å². The Morgan fingerprint density at radius 3 is 1.36 bits per heavy atom. The van der Waals surface area contributed by atoms with Gasteiger partial charge in [-0.2, -0.15) is 0 Å². The molecule has 1 aromatic rings. The molecule has 0 heterocycles. The van der Waals surface area contributed by atoms with Gasteiger partial charge in [0, 0.05) is 36.1 Å². The molecule has 3 rings (SSSR count). The quantitative estimate of drug-likeness (QED) is 0.0361. The van der Waals surface area contributed by atoms with Gasteiger partial charge < -0.3 is 20.1 Å². The number of hydrogen-bond acceptors (Lipinski definition) is 5. The number of rotatable bonds is 35. The van der Waals surface area contributed by atoms with Gasteiger partial charge in [0.1, 0.15) is 36.1 Å². The van der Waals surface area contributed by atoms with Crippen LogP contribution in [0.5, 0.6) is 11.5 Å². The van der Waals surface area contributed by atoms with Crippen LogP contribution < -0.4 is 4.74 Å². The van der Waals surface area contributed by atoms with Crippen molar-refractivity contribution < 1.29 is 29.4 Å². The minimum Gasteiger partial charge on any atom is -0.507 e. The van der Waals surface area contributed by atoms with Gasteiger partial charge >= 0.3 is 0 Å². The highest BCUT2D eigenvalue weighted by Crippen LogP contribution is 2.43. The minimum absolute atomic E-state index is 0.0115. The highest BCUT2D eigenvalue weighted by atomic mass is 16.5. The summed E-state index contributed by atoms with van der Waals surface area (Å²) in [6, 6.07) is 4.88. The van der Waals surface area contributed by atoms with Crippen molar-refractivity contribution in [2.45, 2.75) is 213 Å². The second-order valence-corrected chi connectivity index (χ2v) is 17.2. The molecule has 0 unspecified atom stereocenters. The summed E-state index contributed by atoms with van der Waals surface area (Å²) in [4.78, 5) is 13.5. The molecule has 6 heteroatoms. The molecule has 3 N–H and O–H groups in total. The van der Waals surface area contributed by atoms with Gasteiger partial charge in [-0.3, -0.25) is 4.79 Å². The highest BCUT2D eigenvalue weighted by Gasteiger charge is 2.39. The van der Waals surface area contributed by atoms with Crippen LogP contribution in [0, 0.1) is 0 Å². The van der Waals surface area contributed by atoms with Crippen LogP contribution in [-0.4, -0.2) is 51.1 Å². The van der Waals surface area contributed by atoms with Crippen LogP contribution >= 0.6 is 0 Å². The molecular formula is C52H84NO5+. The Hall–Kier alpha value is -3.28. The van der Waals surface area contributed by atoms with Crippen molar-refractivity contribution in [3.8, 4) is 11.5 Å². The second-order valence-electron chi connectivity index (χ2n) is 17.2. The fourth-order valence-corrected chi connectivity index (χ4v) is 8.37. The smallest absolute Gasteiger partial charge is 0.203 e. The Morgan fingerprint density at radius 1 is 0.517 bits per heavy atom. The fourth-order valence-electron chi connectivity index (χ4n) is 8.37. The average molecular weight is 803 g/mol. The number of ketones is 1. The molecule has 0 atom stereocenters. The van der Waals surface area contributed by atoms with Gasteiger partial charge in [-0.25, -0.2) is 4.58 Å². The van der Waals surface area contributed by atoms with E-state index in [9.17, 15) is 20.1 Å². The van der Waals surface area contributed by atoms with E-state index in [1.54, 1.807) is 24.3 Å². The van der Waals surface area contributed by atoms with E-state index in [0.717, 1.165) is 44.5 Å². The molecule has 2 aliphatic rings. The van der Waals surface area contributed by atoms with E-state index in [-0.39, 0.29) is 39.8 Å². The number of hydrogen-bond donors (Lipinski definition) is 3. The van der Waals surface area contributed by atoms with Crippen molar-refractivity contribution in [2.75, 3.05) is 19.7 Å². The molecule has 326 valence electrons. The van der Waals surface area contributed by atoms with Gasteiger partial charge in [0.25, 0.3) is 0 Å². The zero-order valence-corrected chi connectivity index (χ0v) is 37.4. The van der Waals surface area contributed by atoms with Gasteiger partial charge in [-0.1, -0.05) is 181 Å². The lowest BCUT2D eigenvalue weighted by atomic mass is 9.79. The average Bonchev–Trinajstić information content (AvgIpc) is 3.22. The minimum atomic E-state index is -0.387. The zero-order valence-electron chi connectivity index (χ0n) is 37.4. The summed E-state index contributed by atoms with van der Waals surface area (Å²) in [6.07, 6.45) is 44.0. The number of carbonyl (C=O) groups is 1. The van der Waals surface area contributed by atoms with Crippen LogP contribution in [0.25, 0.3) is 5.57 Å². The number of ether oxygens (including phenoxy) is 1. The second kappa shape index (κ2) is 30.7. The number of allylic oxidation sites excluding steroid dienone is 5. The van der Waals surface area contributed by atoms with Crippen LogP contribution in [0.4, 0.5) is 0 Å². The van der Waals surface area contributed by atoms with Crippen molar-refractivity contribution in [3.05, 3.63) is 64.7 Å². The molecule has 58 heavy (non-hydrogen) atoms. The number of aromatic hydroxyl groups is 1. The molecule has 0 spiro atoms. The maximum Gasteiger partial charge on any atom is 0.203 e. The molecule has 0 aromatic heterocycles. The first-order chi connectivity index (χ1) is 28.4. The molecule has 2 aliphatic carbocycles. The Bertz CT molecular complexity index is 1450. The molecule has 0 bridgehead atoms. The third-order valence-electron chi connectivity index (χ3n) is 12.1. The topological polar surface area (TPSA) is 90.0 Å². The zero-order chi connectivity index (χ0) is 41.6. The number of carbonyl (C=O) groups excluding carboxylic acids is 1. The lowest BCUT2D eigenvalue weighted by Gasteiger charge is -2.25. The first-order valence-electron chi connectivity index (χ1n) is 24.3. The number of phenolic OH excluding ortho intramolecular Hbond substituents is 1. The van der Waals surface area contributed by atoms with E-state index in [1.165, 1.54) is 173 Å². The van der Waals surface area contributed by atoms with E-state index in [1.807, 2.05) is 6.08 Å². The maximum absolute atomic E-state index is 13.5. The van der Waals surface area contributed by atoms with Gasteiger partial charge in [0.15, 0.2) is 0 Å². The Kier molecular flexibility index (Phi) is 26.0. The molecule has 0 amide bonds. The van der Waals surface area contributed by atoms with E-state index in [0.29, 0.717) is 17.9 Å². The molecule has 0 aliphatic heterocycles. The Labute approximate surface area is 354 Å². The first-order valence-corrected chi connectivity index (χ1v) is 24.3. The molecule has 0 saturated carbocycles. The number of benzene rings is 1. The maximum atomic E-state index is 13.5. The van der Waals surface area contributed by atoms with Gasteiger partial charge in [-0.15, -0.1) is 0 Å². The van der Waals surface area contributed by atoms with Crippen molar-refractivity contribution in [3.63, 3.8) is 0 Å². The number of nitrogens with zero attached hydrogens (tertiary/aromatic N) is 1. The van der Waals surface area contributed by atoms with Crippen LogP contribution in [0.1, 0.15) is 219 Å². The Morgan fingerprint density at radius 2 is 0.948 bits per heavy atom. The first kappa shape index (κ1) is 49.1. The van der Waals surface area contributed by atoms with E-state index >= 15 is 0 Å². The number of Topliss-reactive ketones (excluding diaryl/α,β-unsaturated/α-hetero) is 1. The summed E-state index contributed by atoms with van der Waals surface area (Å²) in [6.45, 7) is 9.24. The lowest BCUT2D eigenvalue weighted by Crippen LogP contribution is -2.26. The summed E-state index contributed by atoms with van der Waals surface area (Å²) in [7, 11) is 0. The number of phenols is 1. The summed E-state index contributed by atoms with van der Waals surface area (Å²) in [5, 5.41) is 33.2. The monoisotopic (exact) mass is 803 g/mol. The normalized spacial score (nSPS) is 15.3. The number of aliphatic hydroxyl groups excluding tert-OH is 2. The Balaban J connectivity index is 1.56. The van der Waals surface area contributed by atoms with Gasteiger partial charge in [0.2, 0.25) is 11.5 Å². The number of aliphatic hydroxyl groups is 2. The summed E-state index contributed by atoms with van der Waals surface area (Å²) in [5.41, 5.74) is 1.71. The van der Waals surface area contributed by atoms with Crippen molar-refractivity contribution in [2.24, 2.45) is 0 Å².